The summed E-state index contributed by atoms with van der Waals surface area (Å²) in [4.78, 5) is 0. The van der Waals surface area contributed by atoms with Gasteiger partial charge in [-0.2, -0.15) is 9.65 Å². The van der Waals surface area contributed by atoms with E-state index in [2.05, 4.69) is 27.1 Å². The molecule has 0 aromatic heterocycles. The fraction of sp³-hybridized carbons (Fsp3) is 0.0769. The van der Waals surface area contributed by atoms with Gasteiger partial charge in [-0.25, -0.2) is 4.39 Å². The molecule has 1 atom stereocenters. The maximum Gasteiger partial charge on any atom is 0.214 e. The first kappa shape index (κ1) is 26.0. The van der Waals surface area contributed by atoms with Gasteiger partial charge < -0.3 is 5.09 Å². The molecule has 8 heteroatoms. The van der Waals surface area contributed by atoms with Crippen LogP contribution in [0.3, 0.4) is 0 Å². The summed E-state index contributed by atoms with van der Waals surface area (Å²) in [5, 5.41) is 19.8. The van der Waals surface area contributed by atoms with Gasteiger partial charge in [0.05, 0.1) is 16.7 Å². The van der Waals surface area contributed by atoms with E-state index in [-0.39, 0.29) is 10.6 Å². The second-order valence-corrected chi connectivity index (χ2v) is 9.67. The fourth-order valence-electron chi connectivity index (χ4n) is 3.69. The van der Waals surface area contributed by atoms with Crippen molar-refractivity contribution in [2.24, 2.45) is 0 Å². The van der Waals surface area contributed by atoms with Crippen molar-refractivity contribution in [3.8, 4) is 6.07 Å². The number of halogens is 4. The van der Waals surface area contributed by atoms with E-state index in [1.165, 1.54) is 18.2 Å². The number of allylic oxidation sites excluding steroid dienone is 2. The highest BCUT2D eigenvalue weighted by Crippen LogP contribution is 2.39. The van der Waals surface area contributed by atoms with Crippen LogP contribution in [0.2, 0.25) is 5.02 Å². The van der Waals surface area contributed by atoms with Gasteiger partial charge in [-0.05, 0) is 92.2 Å². The molecule has 0 aliphatic carbocycles. The molecular formula is C26H20ClF2IN3P. The van der Waals surface area contributed by atoms with E-state index in [9.17, 15) is 8.78 Å². The Kier molecular flexibility index (Phi) is 9.35. The SMILES string of the molecule is CC/C(=C(/c1ccc(/C=C/C#N)cc1)c1ccc(NPI)c(C(=N)F)c1)c1ccc(F)cc1Cl. The first-order valence-electron chi connectivity index (χ1n) is 10.2. The standard InChI is InChI=1S/C26H20ClF2IN3P/c1-2-20(21-11-10-19(28)15-23(21)27)25(17-7-5-16(6-8-17)4-3-13-31)18-9-12-24(33-34-30)22(14-18)26(29)32/h3-12,14-15,32-34H,2H2,1H3/b4-3+,25-20+,32-26?. The third-order valence-electron chi connectivity index (χ3n) is 5.19. The average molecular weight is 606 g/mol. The Bertz CT molecular complexity index is 1310. The molecule has 0 radical (unpaired) electrons. The molecule has 3 aromatic carbocycles. The molecule has 2 N–H and O–H groups in total. The lowest BCUT2D eigenvalue weighted by Crippen LogP contribution is -2.01. The van der Waals surface area contributed by atoms with Crippen molar-refractivity contribution < 1.29 is 8.78 Å². The van der Waals surface area contributed by atoms with E-state index in [1.54, 1.807) is 24.3 Å². The van der Waals surface area contributed by atoms with Gasteiger partial charge in [-0.15, -0.1) is 0 Å². The van der Waals surface area contributed by atoms with E-state index in [1.807, 2.05) is 43.3 Å². The van der Waals surface area contributed by atoms with Gasteiger partial charge in [0, 0.05) is 18.1 Å². The largest absolute Gasteiger partial charge is 0.358 e. The Hall–Kier alpha value is -2.59. The third-order valence-corrected chi connectivity index (χ3v) is 6.67. The summed E-state index contributed by atoms with van der Waals surface area (Å²) in [5.41, 5.74) is 5.46. The van der Waals surface area contributed by atoms with E-state index in [4.69, 9.17) is 22.3 Å². The Labute approximate surface area is 217 Å². The van der Waals surface area contributed by atoms with Crippen LogP contribution in [0.5, 0.6) is 0 Å². The molecule has 0 saturated carbocycles. The van der Waals surface area contributed by atoms with Crippen LogP contribution in [0.4, 0.5) is 14.5 Å². The predicted octanol–water partition coefficient (Wildman–Crippen LogP) is 9.04. The predicted molar refractivity (Wildman–Crippen MR) is 149 cm³/mol. The molecule has 0 amide bonds. The summed E-state index contributed by atoms with van der Waals surface area (Å²) in [7, 11) is 0. The zero-order chi connectivity index (χ0) is 24.7. The molecule has 0 aliphatic heterocycles. The quantitative estimate of drug-likeness (QED) is 0.0885. The van der Waals surface area contributed by atoms with Crippen molar-refractivity contribution in [1.29, 1.82) is 10.7 Å². The molecule has 0 heterocycles. The second-order valence-electron chi connectivity index (χ2n) is 7.21. The van der Waals surface area contributed by atoms with E-state index >= 15 is 0 Å². The minimum Gasteiger partial charge on any atom is -0.358 e. The average Bonchev–Trinajstić information content (AvgIpc) is 2.83. The molecule has 172 valence electrons. The van der Waals surface area contributed by atoms with E-state index < -0.39 is 11.8 Å². The third kappa shape index (κ3) is 6.09. The maximum absolute atomic E-state index is 14.2. The second kappa shape index (κ2) is 12.2. The lowest BCUT2D eigenvalue weighted by atomic mass is 9.87. The van der Waals surface area contributed by atoms with Crippen LogP contribution in [0.15, 0.2) is 66.7 Å². The minimum atomic E-state index is -1.03. The maximum atomic E-state index is 14.2. The zero-order valence-electron chi connectivity index (χ0n) is 18.1. The number of rotatable bonds is 8. The Morgan fingerprint density at radius 1 is 1.12 bits per heavy atom. The number of nitrogens with one attached hydrogen (secondary N) is 2. The molecule has 3 nitrogen and oxygen atoms in total. The normalized spacial score (nSPS) is 12.1. The zero-order valence-corrected chi connectivity index (χ0v) is 22.0. The number of anilines is 1. The number of nitriles is 1. The molecule has 34 heavy (non-hydrogen) atoms. The number of benzene rings is 3. The van der Waals surface area contributed by atoms with Crippen molar-refractivity contribution in [2.75, 3.05) is 5.09 Å². The highest BCUT2D eigenvalue weighted by molar-refractivity contribution is 14.2. The molecule has 0 saturated heterocycles. The van der Waals surface area contributed by atoms with Crippen LogP contribution in [0.1, 0.15) is 41.2 Å². The van der Waals surface area contributed by atoms with Gasteiger partial charge in [-0.1, -0.05) is 54.9 Å². The molecule has 0 aliphatic rings. The highest BCUT2D eigenvalue weighted by atomic mass is 127. The summed E-state index contributed by atoms with van der Waals surface area (Å²) < 4.78 is 27.9. The van der Waals surface area contributed by atoms with Gasteiger partial charge in [0.15, 0.2) is 0 Å². The number of hydrogen-bond acceptors (Lipinski definition) is 3. The monoisotopic (exact) mass is 605 g/mol. The summed E-state index contributed by atoms with van der Waals surface area (Å²) >= 11 is 8.58. The molecule has 0 bridgehead atoms. The van der Waals surface area contributed by atoms with Crippen LogP contribution in [-0.4, -0.2) is 5.97 Å². The summed E-state index contributed by atoms with van der Waals surface area (Å²) in [6, 6.07) is 19.1. The number of nitrogens with zero attached hydrogens (tertiary/aromatic N) is 1. The lowest BCUT2D eigenvalue weighted by molar-refractivity contribution is 0.628. The van der Waals surface area contributed by atoms with Crippen LogP contribution in [-0.2, 0) is 0 Å². The van der Waals surface area contributed by atoms with Gasteiger partial charge in [-0.3, -0.25) is 5.41 Å². The van der Waals surface area contributed by atoms with Crippen molar-refractivity contribution >= 4 is 68.9 Å². The van der Waals surface area contributed by atoms with Crippen molar-refractivity contribution in [3.05, 3.63) is 105 Å². The smallest absolute Gasteiger partial charge is 0.214 e. The summed E-state index contributed by atoms with van der Waals surface area (Å²) in [6.07, 6.45) is 4.01. The van der Waals surface area contributed by atoms with Gasteiger partial charge in [0.1, 0.15) is 5.82 Å². The minimum absolute atomic E-state index is 0.161. The highest BCUT2D eigenvalue weighted by Gasteiger charge is 2.18. The Balaban J connectivity index is 2.31. The molecule has 3 rings (SSSR count). The summed E-state index contributed by atoms with van der Waals surface area (Å²) in [6.45, 7) is 1.98. The molecule has 1 unspecified atom stereocenters. The van der Waals surface area contributed by atoms with E-state index in [0.29, 0.717) is 29.6 Å². The van der Waals surface area contributed by atoms with Crippen LogP contribution in [0, 0.1) is 22.6 Å². The lowest BCUT2D eigenvalue weighted by Gasteiger charge is -2.19. The van der Waals surface area contributed by atoms with Crippen molar-refractivity contribution in [2.45, 2.75) is 13.3 Å². The molecule has 0 spiro atoms. The fourth-order valence-corrected chi connectivity index (χ4v) is 5.16. The van der Waals surface area contributed by atoms with Gasteiger partial charge in [0.2, 0.25) is 5.97 Å². The van der Waals surface area contributed by atoms with E-state index in [0.717, 1.165) is 22.3 Å². The molecule has 3 aromatic rings. The first-order chi connectivity index (χ1) is 16.4. The Morgan fingerprint density at radius 2 is 1.82 bits per heavy atom. The van der Waals surface area contributed by atoms with Crippen molar-refractivity contribution in [1.82, 2.24) is 0 Å². The van der Waals surface area contributed by atoms with Gasteiger partial charge >= 0.3 is 0 Å². The van der Waals surface area contributed by atoms with Crippen LogP contribution in [0.25, 0.3) is 17.2 Å². The molecule has 0 fully saturated rings. The van der Waals surface area contributed by atoms with Gasteiger partial charge in [0.25, 0.3) is 0 Å². The molecular weight excluding hydrogens is 586 g/mol. The van der Waals surface area contributed by atoms with Crippen LogP contribution < -0.4 is 5.09 Å². The summed E-state index contributed by atoms with van der Waals surface area (Å²) in [5.74, 6) is -1.46. The van der Waals surface area contributed by atoms with Crippen molar-refractivity contribution in [3.63, 3.8) is 0 Å². The topological polar surface area (TPSA) is 59.7 Å². The number of hydrogen-bond donors (Lipinski definition) is 2. The first-order valence-corrected chi connectivity index (χ1v) is 14.7. The Morgan fingerprint density at radius 3 is 2.41 bits per heavy atom. The van der Waals surface area contributed by atoms with Crippen LogP contribution >= 0.6 is 40.0 Å².